The lowest BCUT2D eigenvalue weighted by Gasteiger charge is -2.18. The van der Waals surface area contributed by atoms with Crippen LogP contribution in [0, 0.1) is 86.0 Å². The number of rotatable bonds is 24. The first-order chi connectivity index (χ1) is 63.8. The molecule has 8 aliphatic rings. The maximum atomic E-state index is 15.1. The van der Waals surface area contributed by atoms with Crippen LogP contribution in [0.2, 0.25) is 5.02 Å². The summed E-state index contributed by atoms with van der Waals surface area (Å²) in [5.74, 6) is 2.63. The van der Waals surface area contributed by atoms with Gasteiger partial charge in [-0.25, -0.2) is 56.9 Å². The molecular formula is C101H96ClF5N20O4. The molecule has 4 saturated carbocycles. The highest BCUT2D eigenvalue weighted by atomic mass is 35.5. The molecule has 0 bridgehead atoms. The Morgan fingerprint density at radius 1 is 0.351 bits per heavy atom. The molecule has 24 nitrogen and oxygen atoms in total. The predicted molar refractivity (Wildman–Crippen MR) is 501 cm³/mol. The zero-order chi connectivity index (χ0) is 90.9. The molecule has 0 unspecified atom stereocenters. The summed E-state index contributed by atoms with van der Waals surface area (Å²) >= 11 is 6.48. The quantitative estimate of drug-likeness (QED) is 0.0207. The summed E-state index contributed by atoms with van der Waals surface area (Å²) in [6.07, 6.45) is 13.6. The van der Waals surface area contributed by atoms with Crippen LogP contribution in [-0.4, -0.2) is 117 Å². The third-order valence-electron chi connectivity index (χ3n) is 25.3. The van der Waals surface area contributed by atoms with Crippen LogP contribution in [0.25, 0.3) is 87.7 Å². The molecule has 131 heavy (non-hydrogen) atoms. The molecule has 0 radical (unpaired) electrons. The summed E-state index contributed by atoms with van der Waals surface area (Å²) in [4.78, 5) is 84.6. The number of nitrogens with one attached hydrogen (secondary N) is 8. The molecule has 4 aliphatic heterocycles. The lowest BCUT2D eigenvalue weighted by atomic mass is 10.1. The highest BCUT2D eigenvalue weighted by molar-refractivity contribution is 6.32. The van der Waals surface area contributed by atoms with Crippen molar-refractivity contribution in [3.8, 4) is 68.3 Å². The van der Waals surface area contributed by atoms with Crippen molar-refractivity contribution in [2.45, 2.75) is 108 Å². The second-order valence-corrected chi connectivity index (χ2v) is 35.1. The Hall–Kier alpha value is -13.8. The molecule has 8 aromatic carbocycles. The van der Waals surface area contributed by atoms with E-state index >= 15 is 4.39 Å². The predicted octanol–water partition coefficient (Wildman–Crippen LogP) is 19.1. The van der Waals surface area contributed by atoms with Crippen LogP contribution >= 0.6 is 11.6 Å². The van der Waals surface area contributed by atoms with Crippen molar-refractivity contribution < 1.29 is 22.0 Å². The molecule has 4 aliphatic carbocycles. The average molecular weight is 1780 g/mol. The molecule has 4 aromatic heterocycles. The minimum Gasteiger partial charge on any atom is -0.370 e. The minimum absolute atomic E-state index is 0.00535. The summed E-state index contributed by atoms with van der Waals surface area (Å²) in [6.45, 7) is 40.2. The van der Waals surface area contributed by atoms with E-state index in [1.54, 1.807) is 41.8 Å². The van der Waals surface area contributed by atoms with Crippen LogP contribution in [0.1, 0.15) is 129 Å². The van der Waals surface area contributed by atoms with Crippen LogP contribution in [0.15, 0.2) is 195 Å². The summed E-state index contributed by atoms with van der Waals surface area (Å²) < 4.78 is 78.6. The van der Waals surface area contributed by atoms with Gasteiger partial charge in [0.1, 0.15) is 63.2 Å². The fraction of sp³-hybridized carbons (Fsp3) is 0.327. The molecule has 30 heteroatoms. The van der Waals surface area contributed by atoms with Crippen molar-refractivity contribution in [1.29, 1.82) is 0 Å². The van der Waals surface area contributed by atoms with E-state index in [9.17, 15) is 36.7 Å². The standard InChI is InChI=1S/C26H26FN5O.C25H23ClFN5O.C25H23F2N5O.C25H24FN5O/c1-16-24(30-15-17-11-12-29-14-17)31-25(20-7-10-23(28-2)22(27)13-20)32(26(16)33)21-8-5-19(6-9-21)18-3-4-18;1-28-21-9-6-18(12-20(21)27)24-31-23(30-14-15-10-11-29-13-15)22(26)25(33)32(24)19-7-4-17(5-8-19)16-2-3-16;1-28-21-9-6-18(12-20(21)26)24-31-23(30-14-15-10-11-29-13-15)22(27)25(33)32(24)19-7-4-17(5-8-19)16-2-3-16;1-27-22-9-6-19(12-21(22)26)25-30-23(29-15-16-10-11-28-14-16)13-24(32)31(25)20-7-4-18(5-8-20)17-2-3-17/h5-10,13,17-18,29-30H,3-4,11-12,14-15H2,1H3;2*4-9,12,15-16,29-30H,2-3,10-11,13-14H2;4-9,12-13,16-17,28-29H,2-3,10-11,14-15H2/t17-;2*15-;16-/m1111/s1. The smallest absolute Gasteiger partial charge is 0.296 e. The van der Waals surface area contributed by atoms with Gasteiger partial charge in [-0.15, -0.1) is 0 Å². The number of anilines is 4. The first-order valence-corrected chi connectivity index (χ1v) is 45.0. The molecule has 8 heterocycles. The van der Waals surface area contributed by atoms with Gasteiger partial charge in [0, 0.05) is 54.5 Å². The molecule has 0 spiro atoms. The Kier molecular flexibility index (Phi) is 27.3. The Balaban J connectivity index is 0.000000122. The van der Waals surface area contributed by atoms with E-state index in [0.717, 1.165) is 96.9 Å². The van der Waals surface area contributed by atoms with Gasteiger partial charge in [-0.05, 0) is 279 Å². The van der Waals surface area contributed by atoms with E-state index in [2.05, 4.69) is 84.0 Å². The van der Waals surface area contributed by atoms with Crippen molar-refractivity contribution in [1.82, 2.24) is 59.5 Å². The molecule has 8 N–H and O–H groups in total. The summed E-state index contributed by atoms with van der Waals surface area (Å²) in [6, 6.07) is 49.5. The van der Waals surface area contributed by atoms with Gasteiger partial charge in [-0.2, -0.15) is 4.39 Å². The van der Waals surface area contributed by atoms with Crippen LogP contribution in [-0.2, 0) is 0 Å². The van der Waals surface area contributed by atoms with Crippen LogP contribution in [0.4, 0.5) is 68.0 Å². The normalized spacial score (nSPS) is 17.7. The van der Waals surface area contributed by atoms with Crippen LogP contribution < -0.4 is 64.8 Å². The number of hydrogen-bond donors (Lipinski definition) is 8. The number of benzene rings is 8. The molecular weight excluding hydrogens is 1690 g/mol. The largest absolute Gasteiger partial charge is 0.370 e. The lowest BCUT2D eigenvalue weighted by Crippen LogP contribution is -2.28. The Morgan fingerprint density at radius 3 is 0.962 bits per heavy atom. The fourth-order valence-electron chi connectivity index (χ4n) is 17.1. The van der Waals surface area contributed by atoms with E-state index < -0.39 is 40.2 Å². The number of hydrogen-bond acceptors (Lipinski definition) is 16. The summed E-state index contributed by atoms with van der Waals surface area (Å²) in [5, 5.41) is 26.0. The van der Waals surface area contributed by atoms with Gasteiger partial charge in [-0.3, -0.25) is 37.4 Å². The molecule has 4 saturated heterocycles. The summed E-state index contributed by atoms with van der Waals surface area (Å²) in [7, 11) is 0. The van der Waals surface area contributed by atoms with Crippen molar-refractivity contribution in [3.63, 3.8) is 0 Å². The summed E-state index contributed by atoms with van der Waals surface area (Å²) in [5.41, 5.74) is 7.45. The molecule has 8 fully saturated rings. The number of nitrogens with zero attached hydrogens (tertiary/aromatic N) is 12. The first-order valence-electron chi connectivity index (χ1n) is 44.6. The molecule has 20 rings (SSSR count). The van der Waals surface area contributed by atoms with Crippen molar-refractivity contribution in [2.24, 2.45) is 23.7 Å². The van der Waals surface area contributed by atoms with E-state index in [4.69, 9.17) is 47.9 Å². The Bertz CT molecular complexity index is 6220. The second-order valence-electron chi connectivity index (χ2n) is 34.7. The van der Waals surface area contributed by atoms with Crippen molar-refractivity contribution in [2.75, 3.05) is 99.8 Å². The highest BCUT2D eigenvalue weighted by Gasteiger charge is 2.31. The number of aromatic nitrogens is 8. The van der Waals surface area contributed by atoms with Crippen LogP contribution in [0.3, 0.4) is 0 Å². The lowest BCUT2D eigenvalue weighted by molar-refractivity contribution is 0.580. The molecule has 666 valence electrons. The van der Waals surface area contributed by atoms with Gasteiger partial charge >= 0.3 is 0 Å². The third kappa shape index (κ3) is 20.8. The average Bonchev–Trinajstić information content (AvgIpc) is 1.74. The zero-order valence-corrected chi connectivity index (χ0v) is 72.9. The van der Waals surface area contributed by atoms with Crippen molar-refractivity contribution >= 4 is 57.6 Å². The van der Waals surface area contributed by atoms with Gasteiger partial charge < -0.3 is 42.5 Å². The molecule has 12 aromatic rings. The molecule has 0 amide bonds. The second kappa shape index (κ2) is 40.1. The Morgan fingerprint density at radius 2 is 0.641 bits per heavy atom. The van der Waals surface area contributed by atoms with Gasteiger partial charge in [0.15, 0.2) is 11.6 Å². The first kappa shape index (κ1) is 89.2. The maximum Gasteiger partial charge on any atom is 0.296 e. The van der Waals surface area contributed by atoms with Gasteiger partial charge in [0.2, 0.25) is 28.6 Å². The minimum atomic E-state index is -0.978. The van der Waals surface area contributed by atoms with E-state index in [-0.39, 0.29) is 67.7 Å². The van der Waals surface area contributed by atoms with Gasteiger partial charge in [0.25, 0.3) is 22.2 Å². The Labute approximate surface area is 759 Å². The third-order valence-corrected chi connectivity index (χ3v) is 25.6. The fourth-order valence-corrected chi connectivity index (χ4v) is 17.2. The van der Waals surface area contributed by atoms with Crippen molar-refractivity contribution in [3.05, 3.63) is 325 Å². The van der Waals surface area contributed by atoms with E-state index in [0.29, 0.717) is 142 Å². The number of halogens is 6. The molecule has 4 atom stereocenters. The van der Waals surface area contributed by atoms with Gasteiger partial charge in [-0.1, -0.05) is 109 Å². The topological polar surface area (TPSA) is 253 Å². The van der Waals surface area contributed by atoms with Crippen LogP contribution in [0.5, 0.6) is 0 Å². The van der Waals surface area contributed by atoms with E-state index in [1.165, 1.54) is 129 Å². The van der Waals surface area contributed by atoms with E-state index in [1.807, 2.05) is 72.8 Å². The SMILES string of the molecule is [C-]#[N+]c1ccc(-c2nc(NC[C@@H]3CCNC3)c(C)c(=O)n2-c2ccc(C3CC3)cc2)cc1F.[C-]#[N+]c1ccc(-c2nc(NC[C@@H]3CCNC3)c(Cl)c(=O)n2-c2ccc(C3CC3)cc2)cc1F.[C-]#[N+]c1ccc(-c2nc(NC[C@@H]3CCNC3)c(F)c(=O)n2-c2ccc(C3CC3)cc2)cc1F.[C-]#[N+]c1ccc(-c2nc(NC[C@@H]3CCNC3)cc(=O)n2-c2ccc(C3CC3)cc2)cc1F. The monoisotopic (exact) mass is 1780 g/mol. The maximum absolute atomic E-state index is 15.1. The highest BCUT2D eigenvalue weighted by Crippen LogP contribution is 2.44. The zero-order valence-electron chi connectivity index (χ0n) is 72.1. The van der Waals surface area contributed by atoms with Gasteiger partial charge in [0.05, 0.1) is 54.6 Å².